The molecule has 0 saturated carbocycles. The number of carbonyl (C=O) groups excluding carboxylic acids is 2. The van der Waals surface area contributed by atoms with Gasteiger partial charge in [0.1, 0.15) is 12.0 Å². The van der Waals surface area contributed by atoms with E-state index in [4.69, 9.17) is 4.84 Å². The van der Waals surface area contributed by atoms with Crippen LogP contribution in [0, 0.1) is 16.0 Å². The highest BCUT2D eigenvalue weighted by Gasteiger charge is 2.61. The number of nitrogens with zero attached hydrogens (tertiary/aromatic N) is 3. The van der Waals surface area contributed by atoms with Gasteiger partial charge in [-0.05, 0) is 30.3 Å². The number of nitro benzene ring substituents is 1. The average Bonchev–Trinajstić information content (AvgIpc) is 3.35. The molecule has 2 aliphatic rings. The van der Waals surface area contributed by atoms with Crippen molar-refractivity contribution in [3.05, 3.63) is 100 Å². The average molecular weight is 483 g/mol. The number of hydrogen-bond acceptors (Lipinski definition) is 6. The number of alkyl halides is 3. The lowest BCUT2D eigenvalue weighted by atomic mass is 9.89. The summed E-state index contributed by atoms with van der Waals surface area (Å²) < 4.78 is 40.9. The number of benzene rings is 3. The van der Waals surface area contributed by atoms with Gasteiger partial charge in [-0.1, -0.05) is 42.5 Å². The molecule has 3 unspecified atom stereocenters. The normalized spacial score (nSPS) is 22.0. The molecule has 3 aromatic carbocycles. The summed E-state index contributed by atoms with van der Waals surface area (Å²) >= 11 is 0. The van der Waals surface area contributed by atoms with Crippen LogP contribution in [-0.2, 0) is 20.6 Å². The summed E-state index contributed by atoms with van der Waals surface area (Å²) in [6.07, 6.45) is -6.28. The van der Waals surface area contributed by atoms with Crippen LogP contribution in [0.1, 0.15) is 17.2 Å². The highest BCUT2D eigenvalue weighted by molar-refractivity contribution is 6.24. The molecule has 0 aromatic heterocycles. The molecule has 2 amide bonds. The first-order valence-electron chi connectivity index (χ1n) is 10.5. The van der Waals surface area contributed by atoms with Gasteiger partial charge in [-0.2, -0.15) is 13.2 Å². The van der Waals surface area contributed by atoms with Crippen molar-refractivity contribution in [2.24, 2.45) is 5.92 Å². The van der Waals surface area contributed by atoms with E-state index in [0.29, 0.717) is 10.6 Å². The molecular weight excluding hydrogens is 467 g/mol. The van der Waals surface area contributed by atoms with Crippen molar-refractivity contribution in [2.75, 3.05) is 9.96 Å². The van der Waals surface area contributed by atoms with Crippen molar-refractivity contribution in [3.8, 4) is 0 Å². The number of hydrogen-bond donors (Lipinski definition) is 0. The Morgan fingerprint density at radius 3 is 2.17 bits per heavy atom. The summed E-state index contributed by atoms with van der Waals surface area (Å²) in [6.45, 7) is 0. The molecule has 0 N–H and O–H groups in total. The molecule has 178 valence electrons. The summed E-state index contributed by atoms with van der Waals surface area (Å²) in [6, 6.07) is 17.2. The van der Waals surface area contributed by atoms with Gasteiger partial charge < -0.3 is 0 Å². The first kappa shape index (κ1) is 22.5. The number of hydroxylamine groups is 1. The van der Waals surface area contributed by atoms with Crippen molar-refractivity contribution in [2.45, 2.75) is 18.3 Å². The third-order valence-electron chi connectivity index (χ3n) is 6.03. The monoisotopic (exact) mass is 483 g/mol. The van der Waals surface area contributed by atoms with Crippen LogP contribution in [0.2, 0.25) is 0 Å². The quantitative estimate of drug-likeness (QED) is 0.304. The van der Waals surface area contributed by atoms with Crippen LogP contribution in [0.3, 0.4) is 0 Å². The molecule has 0 bridgehead atoms. The van der Waals surface area contributed by atoms with Gasteiger partial charge in [0.25, 0.3) is 11.6 Å². The van der Waals surface area contributed by atoms with Gasteiger partial charge in [-0.3, -0.25) is 24.5 Å². The van der Waals surface area contributed by atoms with E-state index in [-0.39, 0.29) is 11.3 Å². The summed E-state index contributed by atoms with van der Waals surface area (Å²) in [5.41, 5.74) is -1.55. The number of para-hydroxylation sites is 3. The number of amides is 2. The van der Waals surface area contributed by atoms with Gasteiger partial charge in [0, 0.05) is 6.07 Å². The first-order chi connectivity index (χ1) is 16.7. The van der Waals surface area contributed by atoms with E-state index in [1.807, 2.05) is 0 Å². The minimum Gasteiger partial charge on any atom is -0.273 e. The topological polar surface area (TPSA) is 93.0 Å². The second-order valence-electron chi connectivity index (χ2n) is 8.00. The molecule has 35 heavy (non-hydrogen) atoms. The van der Waals surface area contributed by atoms with Crippen LogP contribution >= 0.6 is 0 Å². The number of halogens is 3. The van der Waals surface area contributed by atoms with Gasteiger partial charge in [-0.25, -0.2) is 9.96 Å². The molecule has 2 saturated heterocycles. The molecule has 5 rings (SSSR count). The lowest BCUT2D eigenvalue weighted by Crippen LogP contribution is -2.38. The predicted octanol–water partition coefficient (Wildman–Crippen LogP) is 4.66. The fourth-order valence-electron chi connectivity index (χ4n) is 4.58. The Kier molecular flexibility index (Phi) is 5.28. The molecule has 11 heteroatoms. The molecule has 0 spiro atoms. The van der Waals surface area contributed by atoms with Crippen molar-refractivity contribution in [1.82, 2.24) is 0 Å². The van der Waals surface area contributed by atoms with Gasteiger partial charge in [0.2, 0.25) is 5.91 Å². The Morgan fingerprint density at radius 1 is 0.857 bits per heavy atom. The van der Waals surface area contributed by atoms with E-state index in [9.17, 15) is 32.9 Å². The van der Waals surface area contributed by atoms with E-state index in [1.54, 1.807) is 30.3 Å². The van der Waals surface area contributed by atoms with Crippen LogP contribution in [0.25, 0.3) is 0 Å². The van der Waals surface area contributed by atoms with Crippen molar-refractivity contribution in [1.29, 1.82) is 0 Å². The zero-order valence-electron chi connectivity index (χ0n) is 17.8. The molecule has 0 aliphatic carbocycles. The Labute approximate surface area is 196 Å². The van der Waals surface area contributed by atoms with Crippen LogP contribution in [0.4, 0.5) is 30.2 Å². The zero-order valence-corrected chi connectivity index (χ0v) is 17.8. The fourth-order valence-corrected chi connectivity index (χ4v) is 4.58. The third-order valence-corrected chi connectivity index (χ3v) is 6.03. The number of imide groups is 1. The molecular formula is C24H16F3N3O5. The van der Waals surface area contributed by atoms with Crippen LogP contribution in [0.15, 0.2) is 78.9 Å². The first-order valence-corrected chi connectivity index (χ1v) is 10.5. The molecule has 0 radical (unpaired) electrons. The number of fused-ring (bicyclic) bond motifs is 1. The number of nitro groups is 1. The van der Waals surface area contributed by atoms with E-state index in [2.05, 4.69) is 0 Å². The molecule has 3 atom stereocenters. The maximum Gasteiger partial charge on any atom is 0.418 e. The highest BCUT2D eigenvalue weighted by atomic mass is 19.4. The van der Waals surface area contributed by atoms with E-state index in [1.165, 1.54) is 35.4 Å². The third kappa shape index (κ3) is 3.60. The minimum absolute atomic E-state index is 0.0981. The van der Waals surface area contributed by atoms with Crippen molar-refractivity contribution >= 4 is 28.9 Å². The van der Waals surface area contributed by atoms with Crippen molar-refractivity contribution < 1.29 is 32.5 Å². The van der Waals surface area contributed by atoms with Crippen LogP contribution in [-0.4, -0.2) is 22.8 Å². The van der Waals surface area contributed by atoms with Gasteiger partial charge >= 0.3 is 6.18 Å². The molecule has 2 aliphatic heterocycles. The molecule has 3 aromatic rings. The summed E-state index contributed by atoms with van der Waals surface area (Å²) in [7, 11) is 0. The van der Waals surface area contributed by atoms with E-state index >= 15 is 0 Å². The number of rotatable bonds is 4. The van der Waals surface area contributed by atoms with E-state index < -0.39 is 52.2 Å². The largest absolute Gasteiger partial charge is 0.418 e. The predicted molar refractivity (Wildman–Crippen MR) is 117 cm³/mol. The maximum absolute atomic E-state index is 13.6. The van der Waals surface area contributed by atoms with Gasteiger partial charge in [0.15, 0.2) is 6.10 Å². The Morgan fingerprint density at radius 2 is 1.49 bits per heavy atom. The Balaban J connectivity index is 1.65. The smallest absolute Gasteiger partial charge is 0.273 e. The fraction of sp³-hybridized carbons (Fsp3) is 0.167. The van der Waals surface area contributed by atoms with Gasteiger partial charge in [0.05, 0.1) is 27.4 Å². The van der Waals surface area contributed by atoms with Crippen LogP contribution < -0.4 is 9.96 Å². The SMILES string of the molecule is O=C1C2ON(c3ccccc3)C(c3ccccc3[N+](=O)[O-])C2C(=O)N1c1ccccc1C(F)(F)F. The van der Waals surface area contributed by atoms with Crippen LogP contribution in [0.5, 0.6) is 0 Å². The molecule has 8 nitrogen and oxygen atoms in total. The lowest BCUT2D eigenvalue weighted by molar-refractivity contribution is -0.385. The van der Waals surface area contributed by atoms with E-state index in [0.717, 1.165) is 18.2 Å². The second kappa shape index (κ2) is 8.20. The van der Waals surface area contributed by atoms with Gasteiger partial charge in [-0.15, -0.1) is 0 Å². The lowest BCUT2D eigenvalue weighted by Gasteiger charge is -2.29. The van der Waals surface area contributed by atoms with Crippen molar-refractivity contribution in [3.63, 3.8) is 0 Å². The standard InChI is InChI=1S/C24H16F3N3O5/c25-24(26,27)16-11-5-7-13-18(16)28-22(31)19-20(15-10-4-6-12-17(15)30(33)34)29(35-21(19)23(28)32)14-8-2-1-3-9-14/h1-13,19-21H. The Hall–Kier alpha value is -4.25. The summed E-state index contributed by atoms with van der Waals surface area (Å²) in [5, 5.41) is 13.0. The number of carbonyl (C=O) groups is 2. The molecule has 2 fully saturated rings. The maximum atomic E-state index is 13.6. The second-order valence-corrected chi connectivity index (χ2v) is 8.00. The minimum atomic E-state index is -4.82. The summed E-state index contributed by atoms with van der Waals surface area (Å²) in [5.74, 6) is -3.22. The summed E-state index contributed by atoms with van der Waals surface area (Å²) in [4.78, 5) is 44.3. The number of anilines is 2. The zero-order chi connectivity index (χ0) is 24.9. The molecule has 2 heterocycles. The highest BCUT2D eigenvalue weighted by Crippen LogP contribution is 2.50. The Bertz CT molecular complexity index is 1330.